The minimum Gasteiger partial charge on any atom is -0.331 e. The van der Waals surface area contributed by atoms with Crippen LogP contribution in [0.2, 0.25) is 0 Å². The highest BCUT2D eigenvalue weighted by molar-refractivity contribution is 7.71. The van der Waals surface area contributed by atoms with Crippen molar-refractivity contribution >= 4 is 23.3 Å². The van der Waals surface area contributed by atoms with E-state index in [0.717, 1.165) is 4.77 Å². The van der Waals surface area contributed by atoms with E-state index in [2.05, 4.69) is 41.6 Å². The van der Waals surface area contributed by atoms with E-state index in [4.69, 9.17) is 12.2 Å². The Kier molecular flexibility index (Phi) is 2.40. The van der Waals surface area contributed by atoms with E-state index in [1.54, 1.807) is 0 Å². The molecule has 0 bridgehead atoms. The van der Waals surface area contributed by atoms with Gasteiger partial charge in [0.15, 0.2) is 4.77 Å². The number of H-pyrrole nitrogens is 1. The van der Waals surface area contributed by atoms with Gasteiger partial charge in [0.2, 0.25) is 0 Å². The number of aryl methyl sites for hydroxylation is 1. The Hall–Kier alpha value is -1.09. The van der Waals surface area contributed by atoms with Crippen LogP contribution in [0.5, 0.6) is 0 Å². The monoisotopic (exact) mass is 246 g/mol. The first-order chi connectivity index (χ1) is 8.12. The van der Waals surface area contributed by atoms with Crippen LogP contribution in [0, 0.1) is 11.7 Å². The second-order valence-corrected chi connectivity index (χ2v) is 5.83. The van der Waals surface area contributed by atoms with Crippen LogP contribution in [0.1, 0.15) is 38.2 Å². The third-order valence-corrected chi connectivity index (χ3v) is 4.41. The van der Waals surface area contributed by atoms with Crippen LogP contribution < -0.4 is 0 Å². The van der Waals surface area contributed by atoms with Crippen molar-refractivity contribution < 1.29 is 0 Å². The lowest BCUT2D eigenvalue weighted by molar-refractivity contribution is 0.334. The smallest absolute Gasteiger partial charge is 0.178 e. The fraction of sp³-hybridized carbons (Fsp3) is 0.500. The zero-order valence-electron chi connectivity index (χ0n) is 10.4. The quantitative estimate of drug-likeness (QED) is 0.744. The molecule has 2 aromatic rings. The van der Waals surface area contributed by atoms with Crippen LogP contribution >= 0.6 is 12.2 Å². The molecule has 1 aliphatic rings. The summed E-state index contributed by atoms with van der Waals surface area (Å²) in [5.74, 6) is 0. The molecule has 1 N–H and O–H groups in total. The Morgan fingerprint density at radius 3 is 2.71 bits per heavy atom. The fourth-order valence-corrected chi connectivity index (χ4v) is 3.63. The number of aromatic nitrogens is 2. The summed E-state index contributed by atoms with van der Waals surface area (Å²) < 4.78 is 3.23. The molecular formula is C14H18N2S. The highest BCUT2D eigenvalue weighted by Gasteiger charge is 2.32. The highest BCUT2D eigenvalue weighted by atomic mass is 32.1. The third kappa shape index (κ3) is 1.56. The number of imidazole rings is 1. The molecule has 1 aromatic carbocycles. The van der Waals surface area contributed by atoms with E-state index in [1.165, 1.54) is 42.3 Å². The first-order valence-electron chi connectivity index (χ1n) is 6.33. The van der Waals surface area contributed by atoms with Gasteiger partial charge in [-0.3, -0.25) is 0 Å². The molecule has 3 heteroatoms. The van der Waals surface area contributed by atoms with Gasteiger partial charge >= 0.3 is 0 Å². The summed E-state index contributed by atoms with van der Waals surface area (Å²) in [5.41, 5.74) is 3.98. The summed E-state index contributed by atoms with van der Waals surface area (Å²) in [7, 11) is 0. The molecule has 90 valence electrons. The van der Waals surface area contributed by atoms with E-state index < -0.39 is 0 Å². The zero-order valence-corrected chi connectivity index (χ0v) is 11.2. The number of benzene rings is 1. The Balaban J connectivity index is 2.35. The van der Waals surface area contributed by atoms with Gasteiger partial charge in [-0.15, -0.1) is 0 Å². The van der Waals surface area contributed by atoms with Crippen molar-refractivity contribution in [2.24, 2.45) is 0 Å². The topological polar surface area (TPSA) is 20.7 Å². The van der Waals surface area contributed by atoms with Crippen LogP contribution in [0.15, 0.2) is 18.2 Å². The highest BCUT2D eigenvalue weighted by Crippen LogP contribution is 2.39. The number of hydrogen-bond donors (Lipinski definition) is 1. The maximum Gasteiger partial charge on any atom is 0.178 e. The van der Waals surface area contributed by atoms with Crippen molar-refractivity contribution in [1.29, 1.82) is 0 Å². The van der Waals surface area contributed by atoms with E-state index in [1.807, 2.05) is 0 Å². The number of fused-ring (bicyclic) bond motifs is 1. The zero-order chi connectivity index (χ0) is 12.0. The van der Waals surface area contributed by atoms with Gasteiger partial charge in [-0.1, -0.05) is 25.0 Å². The lowest BCUT2D eigenvalue weighted by Crippen LogP contribution is -2.26. The molecule has 2 nitrogen and oxygen atoms in total. The number of hydrogen-bond acceptors (Lipinski definition) is 1. The molecular weight excluding hydrogens is 228 g/mol. The van der Waals surface area contributed by atoms with Gasteiger partial charge in [0.05, 0.1) is 11.0 Å². The summed E-state index contributed by atoms with van der Waals surface area (Å²) in [6.45, 7) is 4.51. The van der Waals surface area contributed by atoms with Crippen LogP contribution in [0.25, 0.3) is 11.0 Å². The number of nitrogens with one attached hydrogen (secondary N) is 1. The van der Waals surface area contributed by atoms with Crippen LogP contribution in [0.3, 0.4) is 0 Å². The van der Waals surface area contributed by atoms with Crippen molar-refractivity contribution in [3.8, 4) is 0 Å². The van der Waals surface area contributed by atoms with Crippen LogP contribution in [-0.4, -0.2) is 9.55 Å². The maximum atomic E-state index is 5.53. The Morgan fingerprint density at radius 2 is 2.00 bits per heavy atom. The van der Waals surface area contributed by atoms with E-state index in [0.29, 0.717) is 0 Å². The summed E-state index contributed by atoms with van der Waals surface area (Å²) in [4.78, 5) is 3.35. The molecule has 3 rings (SSSR count). The predicted molar refractivity (Wildman–Crippen MR) is 74.0 cm³/mol. The molecule has 1 fully saturated rings. The molecule has 0 saturated heterocycles. The van der Waals surface area contributed by atoms with Crippen molar-refractivity contribution in [2.75, 3.05) is 0 Å². The van der Waals surface area contributed by atoms with E-state index in [-0.39, 0.29) is 5.54 Å². The van der Waals surface area contributed by atoms with Gasteiger partial charge in [-0.2, -0.15) is 0 Å². The number of nitrogens with zero attached hydrogens (tertiary/aromatic N) is 1. The Morgan fingerprint density at radius 1 is 1.29 bits per heavy atom. The average molecular weight is 246 g/mol. The lowest BCUT2D eigenvalue weighted by atomic mass is 9.99. The molecule has 1 heterocycles. The fourth-order valence-electron chi connectivity index (χ4n) is 3.20. The standard InChI is InChI=1S/C14H18N2S/c1-10-6-5-7-11-12(10)16(13(17)15-11)14(2)8-3-4-9-14/h5-7H,3-4,8-9H2,1-2H3,(H,15,17). The normalized spacial score (nSPS) is 18.9. The predicted octanol–water partition coefficient (Wildman–Crippen LogP) is 4.30. The first-order valence-corrected chi connectivity index (χ1v) is 6.73. The number of rotatable bonds is 1. The number of aromatic amines is 1. The molecule has 0 unspecified atom stereocenters. The van der Waals surface area contributed by atoms with Gasteiger partial charge in [0.1, 0.15) is 0 Å². The molecule has 17 heavy (non-hydrogen) atoms. The van der Waals surface area contributed by atoms with Crippen molar-refractivity contribution in [2.45, 2.75) is 45.1 Å². The molecule has 0 radical (unpaired) electrons. The SMILES string of the molecule is Cc1cccc2[nH]c(=S)n(C3(C)CCCC3)c12. The van der Waals surface area contributed by atoms with Crippen LogP contribution in [-0.2, 0) is 5.54 Å². The summed E-state index contributed by atoms with van der Waals surface area (Å²) in [6.07, 6.45) is 5.11. The van der Waals surface area contributed by atoms with Crippen LogP contribution in [0.4, 0.5) is 0 Å². The molecule has 0 atom stereocenters. The molecule has 1 aromatic heterocycles. The second-order valence-electron chi connectivity index (χ2n) is 5.44. The average Bonchev–Trinajstić information content (AvgIpc) is 2.83. The third-order valence-electron chi connectivity index (χ3n) is 4.13. The number of para-hydroxylation sites is 1. The van der Waals surface area contributed by atoms with E-state index in [9.17, 15) is 0 Å². The Labute approximate surface area is 107 Å². The molecule has 1 aliphatic carbocycles. The summed E-state index contributed by atoms with van der Waals surface area (Å²) in [6, 6.07) is 6.37. The van der Waals surface area contributed by atoms with Gasteiger partial charge in [0.25, 0.3) is 0 Å². The van der Waals surface area contributed by atoms with Gasteiger partial charge < -0.3 is 9.55 Å². The maximum absolute atomic E-state index is 5.53. The molecule has 1 saturated carbocycles. The van der Waals surface area contributed by atoms with Gasteiger partial charge in [-0.05, 0) is 50.5 Å². The first kappa shape index (κ1) is 11.0. The summed E-state index contributed by atoms with van der Waals surface area (Å²) in [5, 5.41) is 0. The summed E-state index contributed by atoms with van der Waals surface area (Å²) >= 11 is 5.53. The minimum atomic E-state index is 0.210. The van der Waals surface area contributed by atoms with Crippen molar-refractivity contribution in [3.63, 3.8) is 0 Å². The lowest BCUT2D eigenvalue weighted by Gasteiger charge is -2.27. The molecule has 0 amide bonds. The molecule has 0 spiro atoms. The largest absolute Gasteiger partial charge is 0.331 e. The van der Waals surface area contributed by atoms with Gasteiger partial charge in [0, 0.05) is 5.54 Å². The Bertz CT molecular complexity index is 615. The van der Waals surface area contributed by atoms with Gasteiger partial charge in [-0.25, -0.2) is 0 Å². The van der Waals surface area contributed by atoms with Crippen molar-refractivity contribution in [1.82, 2.24) is 9.55 Å². The van der Waals surface area contributed by atoms with E-state index >= 15 is 0 Å². The minimum absolute atomic E-state index is 0.210. The molecule has 0 aliphatic heterocycles. The second kappa shape index (κ2) is 3.70. The van der Waals surface area contributed by atoms with Crippen molar-refractivity contribution in [3.05, 3.63) is 28.5 Å².